The summed E-state index contributed by atoms with van der Waals surface area (Å²) in [4.78, 5) is 50.6. The van der Waals surface area contributed by atoms with Crippen LogP contribution < -0.4 is 11.1 Å². The van der Waals surface area contributed by atoms with Gasteiger partial charge in [0.25, 0.3) is 0 Å². The minimum absolute atomic E-state index is 0.0675. The molecule has 3 aliphatic rings. The molecular formula is C25H30N2O8. The Bertz CT molecular complexity index is 1180. The van der Waals surface area contributed by atoms with Gasteiger partial charge < -0.3 is 31.5 Å². The number of nitrogens with one attached hydrogen (secondary N) is 1. The number of primary amides is 1. The summed E-state index contributed by atoms with van der Waals surface area (Å²) in [5.74, 6) is -7.65. The maximum atomic E-state index is 13.5. The van der Waals surface area contributed by atoms with Gasteiger partial charge in [-0.05, 0) is 42.4 Å². The molecule has 0 bridgehead atoms. The van der Waals surface area contributed by atoms with Crippen molar-refractivity contribution in [1.29, 1.82) is 0 Å². The highest BCUT2D eigenvalue weighted by molar-refractivity contribution is 6.15. The van der Waals surface area contributed by atoms with Crippen LogP contribution in [0, 0.1) is 23.2 Å². The molecule has 0 heterocycles. The zero-order valence-corrected chi connectivity index (χ0v) is 19.8. The quantitative estimate of drug-likeness (QED) is 0.331. The monoisotopic (exact) mass is 486 g/mol. The molecule has 4 rings (SSSR count). The summed E-state index contributed by atoms with van der Waals surface area (Å²) in [7, 11) is 0. The maximum absolute atomic E-state index is 13.5. The predicted molar refractivity (Wildman–Crippen MR) is 122 cm³/mol. The zero-order valence-electron chi connectivity index (χ0n) is 19.8. The Morgan fingerprint density at radius 1 is 1.17 bits per heavy atom. The second-order valence-corrected chi connectivity index (χ2v) is 10.8. The number of hydrogen-bond donors (Lipinski definition) is 6. The van der Waals surface area contributed by atoms with E-state index in [1.165, 1.54) is 6.07 Å². The molecule has 10 nitrogen and oxygen atoms in total. The highest BCUT2D eigenvalue weighted by atomic mass is 16.3. The van der Waals surface area contributed by atoms with E-state index in [0.29, 0.717) is 11.1 Å². The van der Waals surface area contributed by atoms with Crippen molar-refractivity contribution in [3.8, 4) is 5.75 Å². The van der Waals surface area contributed by atoms with Crippen LogP contribution in [-0.2, 0) is 27.3 Å². The van der Waals surface area contributed by atoms with E-state index in [1.807, 2.05) is 0 Å². The number of hydrogen-bond acceptors (Lipinski definition) is 8. The first-order valence-electron chi connectivity index (χ1n) is 11.5. The van der Waals surface area contributed by atoms with Crippen molar-refractivity contribution in [2.24, 2.45) is 28.9 Å². The number of aliphatic hydroxyl groups excluding tert-OH is 2. The Kier molecular flexibility index (Phi) is 5.80. The van der Waals surface area contributed by atoms with Gasteiger partial charge in [-0.25, -0.2) is 0 Å². The molecule has 3 aliphatic carbocycles. The number of ketones is 2. The number of rotatable bonds is 3. The Morgan fingerprint density at radius 3 is 2.43 bits per heavy atom. The number of aliphatic hydroxyl groups is 3. The molecule has 35 heavy (non-hydrogen) atoms. The van der Waals surface area contributed by atoms with Crippen LogP contribution in [0.5, 0.6) is 5.75 Å². The van der Waals surface area contributed by atoms with Crippen LogP contribution >= 0.6 is 0 Å². The van der Waals surface area contributed by atoms with Gasteiger partial charge in [-0.3, -0.25) is 19.2 Å². The number of amides is 2. The molecule has 2 unspecified atom stereocenters. The SMILES string of the molecule is CC(C)(C)C(=O)NCc1ccc(O)c2c1C[C@H]1C[C@H]3CC(O)C(C(N)=O)C(=O)[C@@]3(O)C(O)=C1C2=O. The highest BCUT2D eigenvalue weighted by Gasteiger charge is 2.62. The van der Waals surface area contributed by atoms with Crippen LogP contribution in [-0.4, -0.2) is 55.5 Å². The fourth-order valence-corrected chi connectivity index (χ4v) is 5.60. The van der Waals surface area contributed by atoms with Gasteiger partial charge in [-0.15, -0.1) is 0 Å². The lowest BCUT2D eigenvalue weighted by molar-refractivity contribution is -0.167. The predicted octanol–water partition coefficient (Wildman–Crippen LogP) is 0.408. The molecular weight excluding hydrogens is 456 g/mol. The number of Topliss-reactive ketones (excluding diaryl/α,β-unsaturated/α-hetero) is 2. The largest absolute Gasteiger partial charge is 0.508 e. The molecule has 0 aliphatic heterocycles. The lowest BCUT2D eigenvalue weighted by atomic mass is 9.57. The number of carbonyl (C=O) groups excluding carboxylic acids is 4. The number of phenolic OH excluding ortho intramolecular Hbond substituents is 1. The number of aromatic hydroxyl groups is 1. The lowest BCUT2D eigenvalue weighted by Gasteiger charge is -2.48. The van der Waals surface area contributed by atoms with Gasteiger partial charge in [0.15, 0.2) is 17.2 Å². The molecule has 1 aromatic rings. The van der Waals surface area contributed by atoms with E-state index in [-0.39, 0.29) is 48.6 Å². The summed E-state index contributed by atoms with van der Waals surface area (Å²) in [6, 6.07) is 2.93. The topological polar surface area (TPSA) is 187 Å². The summed E-state index contributed by atoms with van der Waals surface area (Å²) in [6.45, 7) is 5.42. The van der Waals surface area contributed by atoms with Crippen molar-refractivity contribution in [3.63, 3.8) is 0 Å². The van der Waals surface area contributed by atoms with Crippen molar-refractivity contribution in [3.05, 3.63) is 40.2 Å². The first-order chi connectivity index (χ1) is 16.2. The Balaban J connectivity index is 1.77. The molecule has 1 saturated carbocycles. The standard InChI is InChI=1S/C25H30N2O8/c1-24(2,3)23(34)27-9-10-4-5-14(28)17-13(10)7-11-6-12-8-15(29)18(22(26)33)21(32)25(12,35)20(31)16(11)19(17)30/h4-5,11-12,15,18,28-29,31,35H,6-9H2,1-3H3,(H2,26,33)(H,27,34)/t11-,12+,15?,18?,25+/m1/s1. The molecule has 0 saturated heterocycles. The summed E-state index contributed by atoms with van der Waals surface area (Å²) < 4.78 is 0. The van der Waals surface area contributed by atoms with Gasteiger partial charge >= 0.3 is 0 Å². The van der Waals surface area contributed by atoms with E-state index in [2.05, 4.69) is 5.32 Å². The molecule has 1 aromatic carbocycles. The van der Waals surface area contributed by atoms with Gasteiger partial charge in [0.2, 0.25) is 11.8 Å². The molecule has 7 N–H and O–H groups in total. The molecule has 1 fully saturated rings. The van der Waals surface area contributed by atoms with Crippen molar-refractivity contribution in [2.45, 2.75) is 58.3 Å². The number of allylic oxidation sites excluding steroid dienone is 1. The molecule has 0 aromatic heterocycles. The third-order valence-electron chi connectivity index (χ3n) is 7.49. The maximum Gasteiger partial charge on any atom is 0.230 e. The summed E-state index contributed by atoms with van der Waals surface area (Å²) >= 11 is 0. The molecule has 0 spiro atoms. The van der Waals surface area contributed by atoms with Crippen LogP contribution in [0.2, 0.25) is 0 Å². The average Bonchev–Trinajstić information content (AvgIpc) is 2.74. The van der Waals surface area contributed by atoms with Crippen molar-refractivity contribution in [1.82, 2.24) is 5.32 Å². The Morgan fingerprint density at radius 2 is 1.83 bits per heavy atom. The third kappa shape index (κ3) is 3.71. The first kappa shape index (κ1) is 24.9. The third-order valence-corrected chi connectivity index (χ3v) is 7.49. The van der Waals surface area contributed by atoms with Gasteiger partial charge in [0.1, 0.15) is 17.4 Å². The van der Waals surface area contributed by atoms with Crippen LogP contribution in [0.25, 0.3) is 0 Å². The summed E-state index contributed by atoms with van der Waals surface area (Å²) in [6.07, 6.45) is -1.30. The van der Waals surface area contributed by atoms with Crippen molar-refractivity contribution < 1.29 is 39.6 Å². The Labute approximate surface area is 201 Å². The second kappa shape index (κ2) is 8.17. The van der Waals surface area contributed by atoms with Gasteiger partial charge in [0, 0.05) is 23.5 Å². The molecule has 5 atom stereocenters. The summed E-state index contributed by atoms with van der Waals surface area (Å²) in [5.41, 5.74) is 2.95. The van der Waals surface area contributed by atoms with E-state index in [0.717, 1.165) is 0 Å². The van der Waals surface area contributed by atoms with Gasteiger partial charge in [-0.2, -0.15) is 0 Å². The lowest BCUT2D eigenvalue weighted by Crippen LogP contribution is -2.63. The average molecular weight is 487 g/mol. The number of phenols is 1. The van der Waals surface area contributed by atoms with Crippen LogP contribution in [0.15, 0.2) is 23.5 Å². The second-order valence-electron chi connectivity index (χ2n) is 10.8. The number of fused-ring (bicyclic) bond motifs is 3. The van der Waals surface area contributed by atoms with Crippen LogP contribution in [0.4, 0.5) is 0 Å². The van der Waals surface area contributed by atoms with E-state index < -0.39 is 58.1 Å². The molecule has 10 heteroatoms. The van der Waals surface area contributed by atoms with E-state index in [9.17, 15) is 39.6 Å². The fraction of sp³-hybridized carbons (Fsp3) is 0.520. The number of nitrogens with two attached hydrogens (primary N) is 1. The minimum Gasteiger partial charge on any atom is -0.508 e. The highest BCUT2D eigenvalue weighted by Crippen LogP contribution is 2.51. The van der Waals surface area contributed by atoms with Crippen molar-refractivity contribution in [2.75, 3.05) is 0 Å². The van der Waals surface area contributed by atoms with E-state index in [1.54, 1.807) is 26.8 Å². The van der Waals surface area contributed by atoms with Crippen LogP contribution in [0.3, 0.4) is 0 Å². The number of benzene rings is 1. The zero-order chi connectivity index (χ0) is 26.0. The van der Waals surface area contributed by atoms with Crippen molar-refractivity contribution >= 4 is 23.4 Å². The summed E-state index contributed by atoms with van der Waals surface area (Å²) in [5, 5.41) is 46.0. The smallest absolute Gasteiger partial charge is 0.230 e. The molecule has 2 amide bonds. The minimum atomic E-state index is -2.54. The first-order valence-corrected chi connectivity index (χ1v) is 11.5. The Hall–Kier alpha value is -3.24. The van der Waals surface area contributed by atoms with Gasteiger partial charge in [0.05, 0.1) is 11.7 Å². The molecule has 188 valence electrons. The number of carbonyl (C=O) groups is 4. The molecule has 0 radical (unpaired) electrons. The normalized spacial score (nSPS) is 30.3. The van der Waals surface area contributed by atoms with Gasteiger partial charge in [-0.1, -0.05) is 26.8 Å². The van der Waals surface area contributed by atoms with Crippen LogP contribution in [0.1, 0.15) is 55.1 Å². The fourth-order valence-electron chi connectivity index (χ4n) is 5.60. The van der Waals surface area contributed by atoms with E-state index in [4.69, 9.17) is 5.73 Å². The van der Waals surface area contributed by atoms with E-state index >= 15 is 0 Å².